The summed E-state index contributed by atoms with van der Waals surface area (Å²) in [5.74, 6) is 0.521. The molecule has 1 aromatic carbocycles. The van der Waals surface area contributed by atoms with E-state index in [2.05, 4.69) is 0 Å². The van der Waals surface area contributed by atoms with Gasteiger partial charge in [0.2, 0.25) is 0 Å². The molecule has 0 radical (unpaired) electrons. The molecule has 1 rings (SSSR count). The molecule has 0 aromatic heterocycles. The molecule has 0 saturated carbocycles. The number of carbonyl (C=O) groups is 1. The molecule has 0 aliphatic heterocycles. The van der Waals surface area contributed by atoms with E-state index in [0.717, 1.165) is 11.1 Å². The van der Waals surface area contributed by atoms with Crippen LogP contribution in [0.5, 0.6) is 5.75 Å². The fourth-order valence-corrected chi connectivity index (χ4v) is 3.30. The van der Waals surface area contributed by atoms with Crippen LogP contribution in [0.2, 0.25) is 0 Å². The number of amides is 1. The topological polar surface area (TPSA) is 63.7 Å². The second kappa shape index (κ2) is 7.63. The normalized spacial score (nSPS) is 12.8. The van der Waals surface area contributed by atoms with E-state index in [1.807, 2.05) is 32.0 Å². The van der Waals surface area contributed by atoms with Crippen molar-refractivity contribution in [3.8, 4) is 5.75 Å². The lowest BCUT2D eigenvalue weighted by molar-refractivity contribution is -0.133. The summed E-state index contributed by atoms with van der Waals surface area (Å²) in [6.45, 7) is 7.08. The Morgan fingerprint density at radius 3 is 2.32 bits per heavy atom. The molecule has 0 heterocycles. The highest BCUT2D eigenvalue weighted by atomic mass is 32.2. The molecule has 1 amide bonds. The number of likely N-dealkylation sites (N-methyl/N-ethyl adjacent to an activating group) is 1. The first kappa shape index (κ1) is 18.5. The minimum atomic E-state index is -3.11. The molecule has 0 fully saturated rings. The average molecular weight is 327 g/mol. The first-order valence-electron chi connectivity index (χ1n) is 7.33. The first-order chi connectivity index (χ1) is 10.2. The van der Waals surface area contributed by atoms with Crippen molar-refractivity contribution in [3.05, 3.63) is 29.3 Å². The molecule has 1 aromatic rings. The Labute approximate surface area is 133 Å². The maximum absolute atomic E-state index is 12.2. The third-order valence-electron chi connectivity index (χ3n) is 3.74. The van der Waals surface area contributed by atoms with Crippen LogP contribution in [0.1, 0.15) is 25.0 Å². The number of hydrogen-bond donors (Lipinski definition) is 0. The third kappa shape index (κ3) is 5.02. The number of benzene rings is 1. The SMILES string of the molecule is CCS(=O)(=O)CC(C)N(C)C(=O)COc1c(C)cccc1C. The van der Waals surface area contributed by atoms with Gasteiger partial charge in [0, 0.05) is 18.8 Å². The quantitative estimate of drug-likeness (QED) is 0.768. The van der Waals surface area contributed by atoms with Gasteiger partial charge >= 0.3 is 0 Å². The molecule has 6 heteroatoms. The van der Waals surface area contributed by atoms with E-state index in [-0.39, 0.29) is 30.1 Å². The molecule has 1 atom stereocenters. The van der Waals surface area contributed by atoms with E-state index >= 15 is 0 Å². The summed E-state index contributed by atoms with van der Waals surface area (Å²) >= 11 is 0. The van der Waals surface area contributed by atoms with Gasteiger partial charge in [0.05, 0.1) is 5.75 Å². The van der Waals surface area contributed by atoms with Crippen molar-refractivity contribution in [2.24, 2.45) is 0 Å². The first-order valence-corrected chi connectivity index (χ1v) is 9.15. The van der Waals surface area contributed by atoms with Crippen molar-refractivity contribution < 1.29 is 17.9 Å². The van der Waals surface area contributed by atoms with Crippen LogP contribution in [-0.2, 0) is 14.6 Å². The van der Waals surface area contributed by atoms with Gasteiger partial charge in [0.15, 0.2) is 16.4 Å². The van der Waals surface area contributed by atoms with Gasteiger partial charge in [-0.1, -0.05) is 25.1 Å². The Bertz CT molecular complexity index is 605. The van der Waals surface area contributed by atoms with Gasteiger partial charge in [-0.2, -0.15) is 0 Å². The highest BCUT2D eigenvalue weighted by Crippen LogP contribution is 2.22. The lowest BCUT2D eigenvalue weighted by Crippen LogP contribution is -2.42. The van der Waals surface area contributed by atoms with Crippen LogP contribution in [0, 0.1) is 13.8 Å². The molecule has 0 saturated heterocycles. The van der Waals surface area contributed by atoms with E-state index in [4.69, 9.17) is 4.74 Å². The minimum Gasteiger partial charge on any atom is -0.483 e. The van der Waals surface area contributed by atoms with Crippen LogP contribution in [0.4, 0.5) is 0 Å². The number of para-hydroxylation sites is 1. The van der Waals surface area contributed by atoms with Crippen molar-refractivity contribution in [2.75, 3.05) is 25.2 Å². The Balaban J connectivity index is 2.65. The van der Waals surface area contributed by atoms with Crippen LogP contribution >= 0.6 is 0 Å². The van der Waals surface area contributed by atoms with Crippen molar-refractivity contribution in [1.29, 1.82) is 0 Å². The number of carbonyl (C=O) groups excluding carboxylic acids is 1. The summed E-state index contributed by atoms with van der Waals surface area (Å²) in [5, 5.41) is 0. The second-order valence-electron chi connectivity index (χ2n) is 5.56. The summed E-state index contributed by atoms with van der Waals surface area (Å²) in [6, 6.07) is 5.40. The molecule has 124 valence electrons. The summed E-state index contributed by atoms with van der Waals surface area (Å²) in [7, 11) is -1.51. The molecule has 0 aliphatic rings. The molecule has 1 unspecified atom stereocenters. The lowest BCUT2D eigenvalue weighted by Gasteiger charge is -2.25. The minimum absolute atomic E-state index is 0.0326. The number of rotatable bonds is 7. The average Bonchev–Trinajstić information content (AvgIpc) is 2.45. The van der Waals surface area contributed by atoms with E-state index in [1.165, 1.54) is 4.90 Å². The monoisotopic (exact) mass is 327 g/mol. The molecule has 0 N–H and O–H groups in total. The van der Waals surface area contributed by atoms with Gasteiger partial charge in [-0.3, -0.25) is 4.79 Å². The third-order valence-corrected chi connectivity index (χ3v) is 5.61. The van der Waals surface area contributed by atoms with Crippen LogP contribution in [0.15, 0.2) is 18.2 Å². The predicted octanol–water partition coefficient (Wildman–Crippen LogP) is 1.96. The van der Waals surface area contributed by atoms with E-state index in [9.17, 15) is 13.2 Å². The van der Waals surface area contributed by atoms with E-state index < -0.39 is 9.84 Å². The van der Waals surface area contributed by atoms with E-state index in [1.54, 1.807) is 20.9 Å². The molecule has 0 bridgehead atoms. The van der Waals surface area contributed by atoms with Crippen LogP contribution in [-0.4, -0.2) is 50.4 Å². The van der Waals surface area contributed by atoms with E-state index in [0.29, 0.717) is 5.75 Å². The molecular formula is C16H25NO4S. The number of aryl methyl sites for hydroxylation is 2. The predicted molar refractivity (Wildman–Crippen MR) is 88.0 cm³/mol. The Morgan fingerprint density at radius 2 is 1.82 bits per heavy atom. The largest absolute Gasteiger partial charge is 0.483 e. The van der Waals surface area contributed by atoms with Crippen molar-refractivity contribution >= 4 is 15.7 Å². The van der Waals surface area contributed by atoms with Gasteiger partial charge in [-0.05, 0) is 31.9 Å². The van der Waals surface area contributed by atoms with Crippen molar-refractivity contribution in [3.63, 3.8) is 0 Å². The van der Waals surface area contributed by atoms with Gasteiger partial charge < -0.3 is 9.64 Å². The Morgan fingerprint density at radius 1 is 1.27 bits per heavy atom. The second-order valence-corrected chi connectivity index (χ2v) is 7.96. The fourth-order valence-electron chi connectivity index (χ4n) is 2.11. The maximum Gasteiger partial charge on any atom is 0.260 e. The summed E-state index contributed by atoms with van der Waals surface area (Å²) < 4.78 is 28.9. The Kier molecular flexibility index (Phi) is 6.41. The zero-order chi connectivity index (χ0) is 16.9. The number of sulfone groups is 1. The Hall–Kier alpha value is -1.56. The van der Waals surface area contributed by atoms with Crippen LogP contribution in [0.25, 0.3) is 0 Å². The van der Waals surface area contributed by atoms with Crippen molar-refractivity contribution in [2.45, 2.75) is 33.7 Å². The maximum atomic E-state index is 12.2. The zero-order valence-corrected chi connectivity index (χ0v) is 14.7. The molecule has 22 heavy (non-hydrogen) atoms. The lowest BCUT2D eigenvalue weighted by atomic mass is 10.1. The number of hydrogen-bond acceptors (Lipinski definition) is 4. The number of ether oxygens (including phenoxy) is 1. The zero-order valence-electron chi connectivity index (χ0n) is 13.9. The smallest absolute Gasteiger partial charge is 0.260 e. The molecule has 0 aliphatic carbocycles. The molecule has 0 spiro atoms. The van der Waals surface area contributed by atoms with Crippen molar-refractivity contribution in [1.82, 2.24) is 4.90 Å². The summed E-state index contributed by atoms with van der Waals surface area (Å²) in [5.41, 5.74) is 1.94. The van der Waals surface area contributed by atoms with Crippen LogP contribution in [0.3, 0.4) is 0 Å². The molecule has 5 nitrogen and oxygen atoms in total. The molecular weight excluding hydrogens is 302 g/mol. The standard InChI is InChI=1S/C16H25NO4S/c1-6-22(19,20)11-14(4)17(5)15(18)10-21-16-12(2)8-7-9-13(16)3/h7-9,14H,6,10-11H2,1-5H3. The van der Waals surface area contributed by atoms with Gasteiger partial charge in [-0.25, -0.2) is 8.42 Å². The number of nitrogens with zero attached hydrogens (tertiary/aromatic N) is 1. The highest BCUT2D eigenvalue weighted by molar-refractivity contribution is 7.91. The van der Waals surface area contributed by atoms with Gasteiger partial charge in [0.1, 0.15) is 5.75 Å². The summed E-state index contributed by atoms with van der Waals surface area (Å²) in [6.07, 6.45) is 0. The van der Waals surface area contributed by atoms with Gasteiger partial charge in [0.25, 0.3) is 5.91 Å². The fraction of sp³-hybridized carbons (Fsp3) is 0.562. The highest BCUT2D eigenvalue weighted by Gasteiger charge is 2.21. The van der Waals surface area contributed by atoms with Gasteiger partial charge in [-0.15, -0.1) is 0 Å². The van der Waals surface area contributed by atoms with Crippen LogP contribution < -0.4 is 4.74 Å². The summed E-state index contributed by atoms with van der Waals surface area (Å²) in [4.78, 5) is 13.6.